The molecule has 44 heavy (non-hydrogen) atoms. The summed E-state index contributed by atoms with van der Waals surface area (Å²) >= 11 is 6.60. The van der Waals surface area contributed by atoms with Crippen LogP contribution in [0, 0.1) is 12.7 Å². The lowest BCUT2D eigenvalue weighted by Gasteiger charge is -2.40. The number of carbonyl (C=O) groups is 1. The zero-order valence-electron chi connectivity index (χ0n) is 24.9. The van der Waals surface area contributed by atoms with Crippen molar-refractivity contribution < 1.29 is 27.1 Å². The number of hydrogen-bond acceptors (Lipinski definition) is 8. The summed E-state index contributed by atoms with van der Waals surface area (Å²) in [5.74, 6) is -0.855. The first kappa shape index (κ1) is 31.7. The molecule has 0 spiro atoms. The van der Waals surface area contributed by atoms with Gasteiger partial charge in [-0.1, -0.05) is 18.2 Å². The van der Waals surface area contributed by atoms with Crippen molar-refractivity contribution in [1.29, 1.82) is 0 Å². The molecule has 0 bridgehead atoms. The molecule has 5 rings (SSSR count). The van der Waals surface area contributed by atoms with Gasteiger partial charge in [0.1, 0.15) is 23.8 Å². The fourth-order valence-electron chi connectivity index (χ4n) is 5.96. The summed E-state index contributed by atoms with van der Waals surface area (Å²) in [7, 11) is 3.49. The van der Waals surface area contributed by atoms with E-state index in [1.807, 2.05) is 18.9 Å². The van der Waals surface area contributed by atoms with E-state index in [0.717, 1.165) is 19.4 Å². The molecule has 9 nitrogen and oxygen atoms in total. The smallest absolute Gasteiger partial charge is 0.418 e. The number of hydrogen-bond donors (Lipinski definition) is 1. The number of likely N-dealkylation sites (N-methyl/N-ethyl adjacent to an activating group) is 1. The topological polar surface area (TPSA) is 86.7 Å². The molecular weight excluding hydrogens is 602 g/mol. The average molecular weight is 636 g/mol. The Labute approximate surface area is 257 Å². The second-order valence-corrected chi connectivity index (χ2v) is 11.6. The standard InChI is InChI=1S/C30H34ClF4N7O2/c1-6-22(43)41-10-11-42(17(3)14-41)28-19-13-20(31)23(27-24(30(33,34)35)16(2)12-21(36-4)37-27)25(32)26(19)38-29(39-28)44-15-18-8-7-9-40(18)5/h6,12-13,17-18H,1,7-11,14-15H2,2-5H3,(H,36,37)/t17-,18-/m0/s1. The largest absolute Gasteiger partial charge is 0.462 e. The number of nitrogens with one attached hydrogen (secondary N) is 1. The quantitative estimate of drug-likeness (QED) is 0.267. The summed E-state index contributed by atoms with van der Waals surface area (Å²) in [6.07, 6.45) is -1.66. The monoisotopic (exact) mass is 635 g/mol. The molecular formula is C30H34ClF4N7O2. The Bertz CT molecular complexity index is 1600. The number of rotatable bonds is 7. The van der Waals surface area contributed by atoms with Crippen LogP contribution in [0.3, 0.4) is 0 Å². The summed E-state index contributed by atoms with van der Waals surface area (Å²) < 4.78 is 65.5. The normalized spacial score (nSPS) is 19.5. The van der Waals surface area contributed by atoms with Crippen LogP contribution in [0.25, 0.3) is 22.2 Å². The molecule has 2 saturated heterocycles. The fourth-order valence-corrected chi connectivity index (χ4v) is 6.24. The van der Waals surface area contributed by atoms with Gasteiger partial charge in [-0.25, -0.2) is 9.37 Å². The molecule has 1 amide bonds. The van der Waals surface area contributed by atoms with Gasteiger partial charge in [0.05, 0.1) is 21.8 Å². The lowest BCUT2D eigenvalue weighted by Crippen LogP contribution is -2.53. The van der Waals surface area contributed by atoms with Crippen molar-refractivity contribution in [2.75, 3.05) is 57.1 Å². The second kappa shape index (κ2) is 12.4. The van der Waals surface area contributed by atoms with Crippen molar-refractivity contribution >= 4 is 40.0 Å². The SMILES string of the molecule is C=CC(=O)N1CCN(c2nc(OC[C@@H]3CCCN3C)nc3c(F)c(-c4nc(NC)cc(C)c4C(F)(F)F)c(Cl)cc23)[C@@H](C)C1. The molecule has 236 valence electrons. The van der Waals surface area contributed by atoms with Gasteiger partial charge in [0, 0.05) is 44.2 Å². The van der Waals surface area contributed by atoms with Crippen LogP contribution in [0.15, 0.2) is 24.8 Å². The van der Waals surface area contributed by atoms with Crippen LogP contribution < -0.4 is 15.0 Å². The molecule has 1 aromatic carbocycles. The van der Waals surface area contributed by atoms with Crippen LogP contribution in [-0.4, -0.2) is 89.6 Å². The summed E-state index contributed by atoms with van der Waals surface area (Å²) in [5, 5.41) is 2.65. The third kappa shape index (κ3) is 5.99. The molecule has 2 aromatic heterocycles. The summed E-state index contributed by atoms with van der Waals surface area (Å²) in [4.78, 5) is 31.1. The van der Waals surface area contributed by atoms with Gasteiger partial charge < -0.3 is 24.8 Å². The number of anilines is 2. The molecule has 14 heteroatoms. The number of pyridine rings is 1. The molecule has 0 unspecified atom stereocenters. The van der Waals surface area contributed by atoms with Gasteiger partial charge in [0.25, 0.3) is 0 Å². The minimum absolute atomic E-state index is 0.110. The Morgan fingerprint density at radius 3 is 2.59 bits per heavy atom. The molecule has 0 radical (unpaired) electrons. The lowest BCUT2D eigenvalue weighted by molar-refractivity contribution is -0.137. The summed E-state index contributed by atoms with van der Waals surface area (Å²) in [6, 6.07) is 2.36. The van der Waals surface area contributed by atoms with E-state index in [1.54, 1.807) is 4.90 Å². The summed E-state index contributed by atoms with van der Waals surface area (Å²) in [5.41, 5.74) is -2.65. The average Bonchev–Trinajstić information content (AvgIpc) is 3.38. The number of nitrogens with zero attached hydrogens (tertiary/aromatic N) is 6. The number of benzene rings is 1. The molecule has 2 fully saturated rings. The number of amides is 1. The number of halogens is 5. The number of ether oxygens (including phenoxy) is 1. The third-order valence-corrected chi connectivity index (χ3v) is 8.60. The highest BCUT2D eigenvalue weighted by Gasteiger charge is 2.39. The first-order valence-electron chi connectivity index (χ1n) is 14.3. The number of likely N-dealkylation sites (tertiary alicyclic amines) is 1. The molecule has 3 aromatic rings. The second-order valence-electron chi connectivity index (χ2n) is 11.2. The molecule has 2 aliphatic rings. The molecule has 0 saturated carbocycles. The maximum atomic E-state index is 16.6. The van der Waals surface area contributed by atoms with E-state index in [1.165, 1.54) is 32.2 Å². The Kier molecular flexibility index (Phi) is 8.90. The van der Waals surface area contributed by atoms with Gasteiger partial charge >= 0.3 is 12.2 Å². The molecule has 2 atom stereocenters. The Morgan fingerprint density at radius 1 is 1.23 bits per heavy atom. The van der Waals surface area contributed by atoms with Gasteiger partial charge in [-0.05, 0) is 64.1 Å². The number of alkyl halides is 3. The highest BCUT2D eigenvalue weighted by atomic mass is 35.5. The van der Waals surface area contributed by atoms with Crippen LogP contribution in [0.5, 0.6) is 6.01 Å². The minimum atomic E-state index is -4.83. The maximum absolute atomic E-state index is 16.6. The minimum Gasteiger partial charge on any atom is -0.462 e. The highest BCUT2D eigenvalue weighted by molar-refractivity contribution is 6.34. The first-order chi connectivity index (χ1) is 20.8. The number of aromatic nitrogens is 3. The van der Waals surface area contributed by atoms with Gasteiger partial charge in [-0.15, -0.1) is 0 Å². The lowest BCUT2D eigenvalue weighted by atomic mass is 9.98. The van der Waals surface area contributed by atoms with E-state index < -0.39 is 28.8 Å². The van der Waals surface area contributed by atoms with Crippen molar-refractivity contribution in [1.82, 2.24) is 24.8 Å². The van der Waals surface area contributed by atoms with Crippen molar-refractivity contribution in [3.05, 3.63) is 46.8 Å². The number of aryl methyl sites for hydroxylation is 1. The van der Waals surface area contributed by atoms with Crippen LogP contribution in [-0.2, 0) is 11.0 Å². The van der Waals surface area contributed by atoms with Crippen molar-refractivity contribution in [3.63, 3.8) is 0 Å². The van der Waals surface area contributed by atoms with E-state index in [9.17, 15) is 18.0 Å². The van der Waals surface area contributed by atoms with Crippen LogP contribution in [0.4, 0.5) is 29.2 Å². The fraction of sp³-hybridized carbons (Fsp3) is 0.467. The maximum Gasteiger partial charge on any atom is 0.418 e. The van der Waals surface area contributed by atoms with Crippen LogP contribution in [0.2, 0.25) is 5.02 Å². The van der Waals surface area contributed by atoms with Crippen LogP contribution in [0.1, 0.15) is 30.9 Å². The van der Waals surface area contributed by atoms with Crippen molar-refractivity contribution in [3.8, 4) is 17.3 Å². The van der Waals surface area contributed by atoms with E-state index >= 15 is 4.39 Å². The van der Waals surface area contributed by atoms with Gasteiger partial charge in [0.15, 0.2) is 5.82 Å². The van der Waals surface area contributed by atoms with Crippen molar-refractivity contribution in [2.24, 2.45) is 0 Å². The molecule has 4 heterocycles. The van der Waals surface area contributed by atoms with E-state index in [0.29, 0.717) is 25.5 Å². The van der Waals surface area contributed by atoms with E-state index in [4.69, 9.17) is 16.3 Å². The van der Waals surface area contributed by atoms with E-state index in [2.05, 4.69) is 31.7 Å². The predicted octanol–water partition coefficient (Wildman–Crippen LogP) is 5.55. The highest BCUT2D eigenvalue weighted by Crippen LogP contribution is 2.45. The first-order valence-corrected chi connectivity index (χ1v) is 14.7. The number of carbonyl (C=O) groups excluding carboxylic acids is 1. The summed E-state index contributed by atoms with van der Waals surface area (Å²) in [6.45, 7) is 8.96. The number of piperazine rings is 1. The molecule has 1 N–H and O–H groups in total. The molecule has 2 aliphatic heterocycles. The van der Waals surface area contributed by atoms with Gasteiger partial charge in [0.2, 0.25) is 5.91 Å². The molecule has 0 aliphatic carbocycles. The van der Waals surface area contributed by atoms with E-state index in [-0.39, 0.29) is 57.9 Å². The van der Waals surface area contributed by atoms with Crippen LogP contribution >= 0.6 is 11.6 Å². The predicted molar refractivity (Wildman–Crippen MR) is 162 cm³/mol. The zero-order valence-corrected chi connectivity index (χ0v) is 25.7. The van der Waals surface area contributed by atoms with Crippen molar-refractivity contribution in [2.45, 2.75) is 44.9 Å². The number of fused-ring (bicyclic) bond motifs is 1. The zero-order chi connectivity index (χ0) is 31.9. The van der Waals surface area contributed by atoms with Gasteiger partial charge in [-0.3, -0.25) is 4.79 Å². The van der Waals surface area contributed by atoms with Gasteiger partial charge in [-0.2, -0.15) is 23.1 Å². The Morgan fingerprint density at radius 2 is 1.98 bits per heavy atom. The third-order valence-electron chi connectivity index (χ3n) is 8.30. The Balaban J connectivity index is 1.69. The Hall–Kier alpha value is -3.71.